The zero-order chi connectivity index (χ0) is 17.3. The van der Waals surface area contributed by atoms with Crippen LogP contribution in [0.2, 0.25) is 0 Å². The van der Waals surface area contributed by atoms with E-state index in [4.69, 9.17) is 4.74 Å². The molecule has 0 spiro atoms. The Hall–Kier alpha value is -2.86. The molecule has 0 saturated heterocycles. The molecule has 0 saturated carbocycles. The standard InChI is InChI=1S/C18H18N2O4/c1-3-24-18(23)15-9-13-8-12(10-21)6-7-20(13)17(15)14-4-5-16(22)19-11(14)2/h4-9,21H,3,10H2,1-2H3,(H,19,22). The number of rotatable bonds is 4. The number of aromatic amines is 1. The van der Waals surface area contributed by atoms with E-state index < -0.39 is 5.97 Å². The molecule has 24 heavy (non-hydrogen) atoms. The van der Waals surface area contributed by atoms with Crippen molar-refractivity contribution in [2.45, 2.75) is 20.5 Å². The molecule has 6 nitrogen and oxygen atoms in total. The maximum atomic E-state index is 12.4. The van der Waals surface area contributed by atoms with Crippen LogP contribution >= 0.6 is 0 Å². The minimum atomic E-state index is -0.424. The number of pyridine rings is 2. The molecular weight excluding hydrogens is 308 g/mol. The first kappa shape index (κ1) is 16.0. The van der Waals surface area contributed by atoms with Crippen molar-refractivity contribution in [1.82, 2.24) is 9.38 Å². The Labute approximate surface area is 138 Å². The number of aryl methyl sites for hydroxylation is 1. The minimum Gasteiger partial charge on any atom is -0.462 e. The molecule has 0 aliphatic rings. The maximum absolute atomic E-state index is 12.4. The van der Waals surface area contributed by atoms with Crippen LogP contribution in [-0.4, -0.2) is 27.1 Å². The van der Waals surface area contributed by atoms with Crippen LogP contribution in [0.15, 0.2) is 41.3 Å². The van der Waals surface area contributed by atoms with Crippen LogP contribution in [0.25, 0.3) is 16.8 Å². The van der Waals surface area contributed by atoms with E-state index in [-0.39, 0.29) is 18.8 Å². The summed E-state index contributed by atoms with van der Waals surface area (Å²) in [5.74, 6) is -0.424. The van der Waals surface area contributed by atoms with E-state index in [9.17, 15) is 14.7 Å². The number of aliphatic hydroxyl groups is 1. The van der Waals surface area contributed by atoms with E-state index in [1.807, 2.05) is 10.5 Å². The monoisotopic (exact) mass is 326 g/mol. The molecule has 0 aromatic carbocycles. The van der Waals surface area contributed by atoms with E-state index in [0.29, 0.717) is 17.0 Å². The van der Waals surface area contributed by atoms with Gasteiger partial charge in [-0.15, -0.1) is 0 Å². The average molecular weight is 326 g/mol. The Bertz CT molecular complexity index is 969. The van der Waals surface area contributed by atoms with E-state index in [2.05, 4.69) is 4.98 Å². The van der Waals surface area contributed by atoms with Gasteiger partial charge in [0.2, 0.25) is 5.56 Å². The second-order valence-corrected chi connectivity index (χ2v) is 5.48. The van der Waals surface area contributed by atoms with Gasteiger partial charge in [-0.2, -0.15) is 0 Å². The van der Waals surface area contributed by atoms with Gasteiger partial charge in [-0.3, -0.25) is 4.79 Å². The van der Waals surface area contributed by atoms with Crippen LogP contribution in [0.1, 0.15) is 28.5 Å². The molecule has 2 N–H and O–H groups in total. The number of hydrogen-bond donors (Lipinski definition) is 2. The van der Waals surface area contributed by atoms with Crippen molar-refractivity contribution in [3.63, 3.8) is 0 Å². The highest BCUT2D eigenvalue weighted by Crippen LogP contribution is 2.30. The highest BCUT2D eigenvalue weighted by Gasteiger charge is 2.21. The molecule has 3 aromatic rings. The molecule has 0 aliphatic carbocycles. The normalized spacial score (nSPS) is 11.0. The summed E-state index contributed by atoms with van der Waals surface area (Å²) in [5.41, 5.74) is 3.81. The maximum Gasteiger partial charge on any atom is 0.340 e. The average Bonchev–Trinajstić information content (AvgIpc) is 2.93. The quantitative estimate of drug-likeness (QED) is 0.720. The number of carbonyl (C=O) groups is 1. The lowest BCUT2D eigenvalue weighted by Gasteiger charge is -2.09. The second-order valence-electron chi connectivity index (χ2n) is 5.48. The fraction of sp³-hybridized carbons (Fsp3) is 0.222. The number of aromatic nitrogens is 2. The number of H-pyrrole nitrogens is 1. The molecule has 0 amide bonds. The smallest absolute Gasteiger partial charge is 0.340 e. The van der Waals surface area contributed by atoms with Crippen molar-refractivity contribution in [3.05, 3.63) is 63.7 Å². The lowest BCUT2D eigenvalue weighted by atomic mass is 10.1. The van der Waals surface area contributed by atoms with Crippen LogP contribution in [-0.2, 0) is 11.3 Å². The van der Waals surface area contributed by atoms with E-state index in [1.54, 1.807) is 38.2 Å². The van der Waals surface area contributed by atoms with E-state index in [0.717, 1.165) is 16.6 Å². The van der Waals surface area contributed by atoms with Gasteiger partial charge in [0.1, 0.15) is 0 Å². The molecular formula is C18H18N2O4. The summed E-state index contributed by atoms with van der Waals surface area (Å²) >= 11 is 0. The van der Waals surface area contributed by atoms with Crippen molar-refractivity contribution in [1.29, 1.82) is 0 Å². The number of esters is 1. The summed E-state index contributed by atoms with van der Waals surface area (Å²) in [5, 5.41) is 9.32. The minimum absolute atomic E-state index is 0.0799. The Kier molecular flexibility index (Phi) is 4.22. The predicted octanol–water partition coefficient (Wildman–Crippen LogP) is 2.27. The number of fused-ring (bicyclic) bond motifs is 1. The second kappa shape index (κ2) is 6.33. The third kappa shape index (κ3) is 2.72. The Morgan fingerprint density at radius 3 is 2.75 bits per heavy atom. The topological polar surface area (TPSA) is 83.8 Å². The summed E-state index contributed by atoms with van der Waals surface area (Å²) in [6.45, 7) is 3.73. The lowest BCUT2D eigenvalue weighted by Crippen LogP contribution is -2.09. The molecule has 0 unspecified atom stereocenters. The molecule has 0 fully saturated rings. The van der Waals surface area contributed by atoms with Gasteiger partial charge in [-0.1, -0.05) is 0 Å². The van der Waals surface area contributed by atoms with Crippen molar-refractivity contribution in [2.24, 2.45) is 0 Å². The van der Waals surface area contributed by atoms with Crippen molar-refractivity contribution < 1.29 is 14.6 Å². The van der Waals surface area contributed by atoms with Crippen molar-refractivity contribution in [3.8, 4) is 11.3 Å². The Morgan fingerprint density at radius 2 is 2.08 bits per heavy atom. The summed E-state index contributed by atoms with van der Waals surface area (Å²) in [4.78, 5) is 26.6. The molecule has 3 heterocycles. The van der Waals surface area contributed by atoms with Gasteiger partial charge < -0.3 is 19.2 Å². The van der Waals surface area contributed by atoms with Crippen molar-refractivity contribution in [2.75, 3.05) is 6.61 Å². The number of nitrogens with zero attached hydrogens (tertiary/aromatic N) is 1. The molecule has 0 aliphatic heterocycles. The number of carbonyl (C=O) groups excluding carboxylic acids is 1. The SMILES string of the molecule is CCOC(=O)c1cc2cc(CO)ccn2c1-c1ccc(=O)[nH]c1C. The summed E-state index contributed by atoms with van der Waals surface area (Å²) in [6.07, 6.45) is 1.80. The molecule has 3 aromatic heterocycles. The molecule has 0 bridgehead atoms. The highest BCUT2D eigenvalue weighted by atomic mass is 16.5. The summed E-state index contributed by atoms with van der Waals surface area (Å²) < 4.78 is 7.02. The summed E-state index contributed by atoms with van der Waals surface area (Å²) in [7, 11) is 0. The number of hydrogen-bond acceptors (Lipinski definition) is 4. The van der Waals surface area contributed by atoms with E-state index >= 15 is 0 Å². The lowest BCUT2D eigenvalue weighted by molar-refractivity contribution is 0.0527. The molecule has 3 rings (SSSR count). The number of aliphatic hydroxyl groups excluding tert-OH is 1. The first-order valence-electron chi connectivity index (χ1n) is 7.67. The number of nitrogens with one attached hydrogen (secondary N) is 1. The zero-order valence-corrected chi connectivity index (χ0v) is 13.5. The van der Waals surface area contributed by atoms with Crippen LogP contribution in [0.5, 0.6) is 0 Å². The predicted molar refractivity (Wildman–Crippen MR) is 90.1 cm³/mol. The molecule has 124 valence electrons. The third-order valence-electron chi connectivity index (χ3n) is 3.89. The van der Waals surface area contributed by atoms with Crippen LogP contribution in [0.4, 0.5) is 0 Å². The van der Waals surface area contributed by atoms with Gasteiger partial charge >= 0.3 is 5.97 Å². The largest absolute Gasteiger partial charge is 0.462 e. The Morgan fingerprint density at radius 1 is 1.29 bits per heavy atom. The molecule has 6 heteroatoms. The highest BCUT2D eigenvalue weighted by molar-refractivity contribution is 5.99. The molecule has 0 atom stereocenters. The van der Waals surface area contributed by atoms with Crippen LogP contribution < -0.4 is 5.56 Å². The number of ether oxygens (including phenoxy) is 1. The third-order valence-corrected chi connectivity index (χ3v) is 3.89. The van der Waals surface area contributed by atoms with Gasteiger partial charge in [0.05, 0.1) is 24.5 Å². The first-order chi connectivity index (χ1) is 11.5. The van der Waals surface area contributed by atoms with Gasteiger partial charge in [-0.25, -0.2) is 4.79 Å². The zero-order valence-electron chi connectivity index (χ0n) is 13.5. The van der Waals surface area contributed by atoms with Crippen LogP contribution in [0.3, 0.4) is 0 Å². The Balaban J connectivity index is 2.32. The summed E-state index contributed by atoms with van der Waals surface area (Å²) in [6, 6.07) is 8.45. The van der Waals surface area contributed by atoms with E-state index in [1.165, 1.54) is 6.07 Å². The van der Waals surface area contributed by atoms with Crippen molar-refractivity contribution >= 4 is 11.5 Å². The van der Waals surface area contributed by atoms with Crippen LogP contribution in [0, 0.1) is 6.92 Å². The molecule has 0 radical (unpaired) electrons. The first-order valence-corrected chi connectivity index (χ1v) is 7.67. The fourth-order valence-electron chi connectivity index (χ4n) is 2.80. The van der Waals surface area contributed by atoms with Gasteiger partial charge in [0.15, 0.2) is 0 Å². The fourth-order valence-corrected chi connectivity index (χ4v) is 2.80. The van der Waals surface area contributed by atoms with Gasteiger partial charge in [0.25, 0.3) is 0 Å². The van der Waals surface area contributed by atoms with Gasteiger partial charge in [0, 0.05) is 29.0 Å². The van der Waals surface area contributed by atoms with Gasteiger partial charge in [-0.05, 0) is 43.7 Å².